The van der Waals surface area contributed by atoms with Gasteiger partial charge in [0.2, 0.25) is 0 Å². The molecule has 1 aromatic heterocycles. The highest BCUT2D eigenvalue weighted by molar-refractivity contribution is 7.99. The minimum absolute atomic E-state index is 0.0789. The number of carbonyl (C=O) groups is 1. The van der Waals surface area contributed by atoms with E-state index in [2.05, 4.69) is 9.88 Å². The normalized spacial score (nSPS) is 16.2. The molecule has 2 aromatic carbocycles. The van der Waals surface area contributed by atoms with Crippen molar-refractivity contribution < 1.29 is 37.3 Å². The number of ether oxygens (including phenoxy) is 1. The number of rotatable bonds is 12. The Morgan fingerprint density at radius 2 is 1.88 bits per heavy atom. The molecule has 0 spiro atoms. The number of carboxylic acids is 1. The molecule has 6 nitrogen and oxygen atoms in total. The second-order valence-electron chi connectivity index (χ2n) is 10.2. The Kier molecular flexibility index (Phi) is 9.91. The molecule has 11 heteroatoms. The number of aromatic nitrogens is 1. The predicted molar refractivity (Wildman–Crippen MR) is 145 cm³/mol. The summed E-state index contributed by atoms with van der Waals surface area (Å²) in [4.78, 5) is 17.9. The fourth-order valence-electron chi connectivity index (χ4n) is 5.46. The number of carboxylic acid groups (broad SMARTS) is 1. The van der Waals surface area contributed by atoms with Gasteiger partial charge in [0.05, 0.1) is 30.5 Å². The van der Waals surface area contributed by atoms with Crippen LogP contribution >= 0.6 is 11.8 Å². The number of aliphatic carboxylic acids is 1. The quantitative estimate of drug-likeness (QED) is 0.192. The second-order valence-corrected chi connectivity index (χ2v) is 11.3. The minimum Gasteiger partial charge on any atom is -0.497 e. The van der Waals surface area contributed by atoms with Gasteiger partial charge in [0.1, 0.15) is 29.4 Å². The highest BCUT2D eigenvalue weighted by atomic mass is 32.2. The van der Waals surface area contributed by atoms with E-state index in [1.807, 2.05) is 0 Å². The third-order valence-corrected chi connectivity index (χ3v) is 8.74. The fraction of sp³-hybridized carbons (Fsp3) is 0.448. The summed E-state index contributed by atoms with van der Waals surface area (Å²) < 4.78 is 62.2. The second kappa shape index (κ2) is 13.2. The largest absolute Gasteiger partial charge is 0.497 e. The summed E-state index contributed by atoms with van der Waals surface area (Å²) in [6.45, 7) is 1.27. The van der Waals surface area contributed by atoms with Crippen molar-refractivity contribution in [3.8, 4) is 5.75 Å². The molecule has 1 fully saturated rings. The third-order valence-electron chi connectivity index (χ3n) is 7.67. The van der Waals surface area contributed by atoms with Crippen LogP contribution in [-0.4, -0.2) is 58.6 Å². The first-order valence-corrected chi connectivity index (χ1v) is 14.1. The van der Waals surface area contributed by atoms with Crippen LogP contribution in [-0.2, 0) is 11.4 Å². The summed E-state index contributed by atoms with van der Waals surface area (Å²) in [7, 11) is 1.51. The van der Waals surface area contributed by atoms with E-state index in [0.29, 0.717) is 84.6 Å². The summed E-state index contributed by atoms with van der Waals surface area (Å²) in [5.41, 5.74) is 0.686. The average Bonchev–Trinajstić information content (AvgIpc) is 2.92. The van der Waals surface area contributed by atoms with Gasteiger partial charge in [-0.3, -0.25) is 9.78 Å². The van der Waals surface area contributed by atoms with Gasteiger partial charge in [-0.2, -0.15) is 0 Å². The van der Waals surface area contributed by atoms with Crippen molar-refractivity contribution >= 4 is 28.6 Å². The molecule has 0 radical (unpaired) electrons. The Labute approximate surface area is 234 Å². The Morgan fingerprint density at radius 1 is 1.18 bits per heavy atom. The molecule has 0 saturated carbocycles. The van der Waals surface area contributed by atoms with E-state index in [-0.39, 0.29) is 24.3 Å². The Balaban J connectivity index is 1.41. The topological polar surface area (TPSA) is 82.9 Å². The van der Waals surface area contributed by atoms with Crippen molar-refractivity contribution in [2.24, 2.45) is 5.41 Å². The number of halogens is 4. The van der Waals surface area contributed by atoms with Crippen molar-refractivity contribution in [3.63, 3.8) is 0 Å². The maximum atomic E-state index is 15.9. The number of fused-ring (bicyclic) bond motifs is 1. The van der Waals surface area contributed by atoms with Crippen molar-refractivity contribution in [1.29, 1.82) is 0 Å². The van der Waals surface area contributed by atoms with E-state index >= 15 is 4.39 Å². The number of likely N-dealkylation sites (tertiary alicyclic amines) is 1. The van der Waals surface area contributed by atoms with Gasteiger partial charge in [0.25, 0.3) is 0 Å². The molecule has 2 heterocycles. The van der Waals surface area contributed by atoms with Crippen molar-refractivity contribution in [1.82, 2.24) is 9.88 Å². The number of thioether (sulfide) groups is 1. The molecule has 1 aliphatic heterocycles. The molecule has 2 N–H and O–H groups in total. The van der Waals surface area contributed by atoms with Crippen LogP contribution in [0.2, 0.25) is 0 Å². The molecule has 0 aliphatic carbocycles. The number of nitrogens with zero attached hydrogens (tertiary/aromatic N) is 2. The SMILES string of the molecule is COc1ccc2ncc(CO)c(C(F)CCC3(CC(=O)O)CCN(CCSc4c(F)cc(F)cc4F)CC3)c2c1. The lowest BCUT2D eigenvalue weighted by atomic mass is 9.71. The molecule has 216 valence electrons. The zero-order valence-electron chi connectivity index (χ0n) is 22.1. The summed E-state index contributed by atoms with van der Waals surface area (Å²) in [6, 6.07) is 6.45. The number of piperidine rings is 1. The smallest absolute Gasteiger partial charge is 0.303 e. The highest BCUT2D eigenvalue weighted by Gasteiger charge is 2.37. The maximum Gasteiger partial charge on any atom is 0.303 e. The number of benzene rings is 2. The third kappa shape index (κ3) is 7.05. The number of aliphatic hydroxyl groups is 1. The van der Waals surface area contributed by atoms with Crippen LogP contribution in [0.4, 0.5) is 17.6 Å². The molecule has 3 aromatic rings. The molecule has 1 unspecified atom stereocenters. The molecule has 4 rings (SSSR count). The van der Waals surface area contributed by atoms with Gasteiger partial charge in [0.15, 0.2) is 0 Å². The van der Waals surface area contributed by atoms with Gasteiger partial charge in [-0.05, 0) is 62.4 Å². The zero-order chi connectivity index (χ0) is 28.9. The molecule has 1 atom stereocenters. The van der Waals surface area contributed by atoms with Crippen LogP contribution in [0.3, 0.4) is 0 Å². The van der Waals surface area contributed by atoms with Gasteiger partial charge in [-0.25, -0.2) is 17.6 Å². The number of methoxy groups -OCH3 is 1. The summed E-state index contributed by atoms with van der Waals surface area (Å²) in [6.07, 6.45) is 1.42. The zero-order valence-corrected chi connectivity index (χ0v) is 23.0. The van der Waals surface area contributed by atoms with Crippen molar-refractivity contribution in [2.45, 2.75) is 49.8 Å². The van der Waals surface area contributed by atoms with E-state index in [0.717, 1.165) is 11.8 Å². The summed E-state index contributed by atoms with van der Waals surface area (Å²) >= 11 is 0.969. The molecule has 40 heavy (non-hydrogen) atoms. The number of hydrogen-bond acceptors (Lipinski definition) is 6. The lowest BCUT2D eigenvalue weighted by Crippen LogP contribution is -2.42. The Hall–Kier alpha value is -2.89. The van der Waals surface area contributed by atoms with Crippen LogP contribution in [0.1, 0.15) is 49.4 Å². The van der Waals surface area contributed by atoms with Crippen LogP contribution in [0.5, 0.6) is 5.75 Å². The molecule has 1 aliphatic rings. The Morgan fingerprint density at radius 3 is 2.50 bits per heavy atom. The molecule has 0 bridgehead atoms. The van der Waals surface area contributed by atoms with E-state index in [1.165, 1.54) is 13.3 Å². The number of alkyl halides is 1. The Bertz CT molecular complexity index is 1320. The van der Waals surface area contributed by atoms with E-state index in [9.17, 15) is 28.2 Å². The van der Waals surface area contributed by atoms with Crippen LogP contribution in [0, 0.1) is 22.9 Å². The monoisotopic (exact) mass is 580 g/mol. The van der Waals surface area contributed by atoms with Crippen LogP contribution in [0.15, 0.2) is 41.4 Å². The first kappa shape index (κ1) is 30.1. The molecular formula is C29H32F4N2O4S. The first-order chi connectivity index (χ1) is 19.1. The van der Waals surface area contributed by atoms with Gasteiger partial charge < -0.3 is 19.8 Å². The maximum absolute atomic E-state index is 15.9. The van der Waals surface area contributed by atoms with Crippen LogP contribution in [0.25, 0.3) is 10.9 Å². The van der Waals surface area contributed by atoms with E-state index in [4.69, 9.17) is 4.74 Å². The predicted octanol–water partition coefficient (Wildman–Crippen LogP) is 6.29. The van der Waals surface area contributed by atoms with Crippen LogP contribution < -0.4 is 4.74 Å². The lowest BCUT2D eigenvalue weighted by molar-refractivity contribution is -0.141. The van der Waals surface area contributed by atoms with Gasteiger partial charge >= 0.3 is 5.97 Å². The lowest BCUT2D eigenvalue weighted by Gasteiger charge is -2.41. The molecule has 1 saturated heterocycles. The summed E-state index contributed by atoms with van der Waals surface area (Å²) in [5.74, 6) is -2.88. The van der Waals surface area contributed by atoms with Crippen molar-refractivity contribution in [2.75, 3.05) is 32.5 Å². The minimum atomic E-state index is -1.44. The van der Waals surface area contributed by atoms with Gasteiger partial charge in [-0.15, -0.1) is 11.8 Å². The first-order valence-electron chi connectivity index (χ1n) is 13.1. The fourth-order valence-corrected chi connectivity index (χ4v) is 6.41. The standard InChI is InChI=1S/C29H32F4N2O4S/c1-39-20-2-3-25-21(14-20)27(18(17-36)16-34-25)22(31)4-5-29(15-26(37)38)6-8-35(9-7-29)10-11-40-28-23(32)12-19(30)13-24(28)33/h2-3,12-14,16,22,36H,4-11,15,17H2,1H3,(H,37,38). The van der Waals surface area contributed by atoms with Gasteiger partial charge in [0, 0.05) is 47.1 Å². The molecule has 0 amide bonds. The van der Waals surface area contributed by atoms with E-state index < -0.39 is 35.0 Å². The number of pyridine rings is 1. The van der Waals surface area contributed by atoms with Gasteiger partial charge in [-0.1, -0.05) is 0 Å². The summed E-state index contributed by atoms with van der Waals surface area (Å²) in [5, 5.41) is 20.1. The highest BCUT2D eigenvalue weighted by Crippen LogP contribution is 2.43. The number of hydrogen-bond donors (Lipinski definition) is 2. The van der Waals surface area contributed by atoms with Crippen molar-refractivity contribution in [3.05, 3.63) is 65.1 Å². The average molecular weight is 581 g/mol. The van der Waals surface area contributed by atoms with E-state index in [1.54, 1.807) is 18.2 Å². The molecular weight excluding hydrogens is 548 g/mol. The number of aliphatic hydroxyl groups excluding tert-OH is 1.